The Morgan fingerprint density at radius 3 is 2.57 bits per heavy atom. The first-order valence-electron chi connectivity index (χ1n) is 12.0. The van der Waals surface area contributed by atoms with Crippen LogP contribution in [0.15, 0.2) is 78.9 Å². The average Bonchev–Trinajstić information content (AvgIpc) is 2.92. The van der Waals surface area contributed by atoms with Crippen molar-refractivity contribution in [1.29, 1.82) is 5.26 Å². The molecule has 0 radical (unpaired) electrons. The SMILES string of the molecule is N#Cc1cc2c(cc1Oc1ccc(C(=O)NCCc3ccc4ccccc4c3)cc1)OCCC2C(=O)O. The normalized spacial score (nSPS) is 14.2. The van der Waals surface area contributed by atoms with Gasteiger partial charge in [-0.05, 0) is 59.5 Å². The summed E-state index contributed by atoms with van der Waals surface area (Å²) in [6.07, 6.45) is 1.07. The van der Waals surface area contributed by atoms with Crippen molar-refractivity contribution in [3.63, 3.8) is 0 Å². The number of carbonyl (C=O) groups is 2. The largest absolute Gasteiger partial charge is 0.493 e. The number of fused-ring (bicyclic) bond motifs is 2. The van der Waals surface area contributed by atoms with Gasteiger partial charge in [0.15, 0.2) is 0 Å². The molecule has 4 aromatic rings. The number of hydrogen-bond acceptors (Lipinski definition) is 5. The fourth-order valence-electron chi connectivity index (χ4n) is 4.46. The van der Waals surface area contributed by atoms with E-state index in [1.165, 1.54) is 16.8 Å². The molecule has 0 bridgehead atoms. The monoisotopic (exact) mass is 492 g/mol. The Hall–Kier alpha value is -4.83. The molecule has 1 unspecified atom stereocenters. The number of amides is 1. The first-order valence-corrected chi connectivity index (χ1v) is 12.0. The molecule has 1 heterocycles. The number of carboxylic acid groups (broad SMARTS) is 1. The first kappa shape index (κ1) is 23.9. The molecule has 0 spiro atoms. The summed E-state index contributed by atoms with van der Waals surface area (Å²) in [5.41, 5.74) is 2.33. The van der Waals surface area contributed by atoms with Crippen LogP contribution >= 0.6 is 0 Å². The predicted molar refractivity (Wildman–Crippen MR) is 138 cm³/mol. The Bertz CT molecular complexity index is 1520. The summed E-state index contributed by atoms with van der Waals surface area (Å²) < 4.78 is 11.5. The van der Waals surface area contributed by atoms with E-state index in [1.54, 1.807) is 30.3 Å². The van der Waals surface area contributed by atoms with Crippen molar-refractivity contribution in [3.8, 4) is 23.3 Å². The van der Waals surface area contributed by atoms with Crippen LogP contribution in [0, 0.1) is 11.3 Å². The topological polar surface area (TPSA) is 109 Å². The van der Waals surface area contributed by atoms with Crippen LogP contribution in [0.4, 0.5) is 0 Å². The van der Waals surface area contributed by atoms with Crippen molar-refractivity contribution >= 4 is 22.6 Å². The van der Waals surface area contributed by atoms with Crippen molar-refractivity contribution < 1.29 is 24.2 Å². The van der Waals surface area contributed by atoms with E-state index in [-0.39, 0.29) is 23.8 Å². The molecule has 37 heavy (non-hydrogen) atoms. The van der Waals surface area contributed by atoms with Gasteiger partial charge in [-0.15, -0.1) is 0 Å². The number of nitriles is 1. The van der Waals surface area contributed by atoms with Gasteiger partial charge in [0.25, 0.3) is 5.91 Å². The molecule has 184 valence electrons. The number of carboxylic acids is 1. The number of nitrogens with zero attached hydrogens (tertiary/aromatic N) is 1. The lowest BCUT2D eigenvalue weighted by atomic mass is 9.91. The highest BCUT2D eigenvalue weighted by atomic mass is 16.5. The van der Waals surface area contributed by atoms with Crippen molar-refractivity contribution in [2.45, 2.75) is 18.8 Å². The molecule has 1 aliphatic rings. The fourth-order valence-corrected chi connectivity index (χ4v) is 4.46. The Morgan fingerprint density at radius 1 is 1.03 bits per heavy atom. The van der Waals surface area contributed by atoms with Crippen LogP contribution in [0.3, 0.4) is 0 Å². The standard InChI is InChI=1S/C30H24N2O5/c31-18-23-16-26-25(30(34)35)12-14-36-28(26)17-27(23)37-24-9-7-21(8-10-24)29(33)32-13-11-19-5-6-20-3-1-2-4-22(20)15-19/h1-10,15-17,25H,11-14H2,(H,32,33)(H,34,35). The third kappa shape index (κ3) is 5.24. The summed E-state index contributed by atoms with van der Waals surface area (Å²) in [4.78, 5) is 24.2. The van der Waals surface area contributed by atoms with Crippen LogP contribution in [0.1, 0.15) is 39.4 Å². The van der Waals surface area contributed by atoms with Gasteiger partial charge in [-0.1, -0.05) is 42.5 Å². The molecule has 4 aromatic carbocycles. The molecule has 1 amide bonds. The highest BCUT2D eigenvalue weighted by molar-refractivity contribution is 5.94. The van der Waals surface area contributed by atoms with Gasteiger partial charge >= 0.3 is 5.97 Å². The predicted octanol–water partition coefficient (Wildman–Crippen LogP) is 5.43. The maximum atomic E-state index is 12.6. The zero-order chi connectivity index (χ0) is 25.8. The maximum Gasteiger partial charge on any atom is 0.311 e. The number of carbonyl (C=O) groups excluding carboxylic acids is 1. The number of hydrogen-bond donors (Lipinski definition) is 2. The van der Waals surface area contributed by atoms with Gasteiger partial charge in [0.1, 0.15) is 23.3 Å². The van der Waals surface area contributed by atoms with E-state index in [0.717, 1.165) is 12.0 Å². The van der Waals surface area contributed by atoms with Crippen LogP contribution < -0.4 is 14.8 Å². The fraction of sp³-hybridized carbons (Fsp3) is 0.167. The second-order valence-corrected chi connectivity index (χ2v) is 8.84. The lowest BCUT2D eigenvalue weighted by molar-refractivity contribution is -0.139. The first-order chi connectivity index (χ1) is 18.0. The van der Waals surface area contributed by atoms with Gasteiger partial charge in [0.2, 0.25) is 0 Å². The zero-order valence-electron chi connectivity index (χ0n) is 19.9. The van der Waals surface area contributed by atoms with Crippen LogP contribution in [0.5, 0.6) is 17.2 Å². The van der Waals surface area contributed by atoms with Crippen LogP contribution in [-0.4, -0.2) is 30.1 Å². The molecule has 1 atom stereocenters. The molecule has 0 fully saturated rings. The zero-order valence-corrected chi connectivity index (χ0v) is 19.9. The number of rotatable bonds is 7. The molecular formula is C30H24N2O5. The quantitative estimate of drug-likeness (QED) is 0.356. The molecule has 0 aromatic heterocycles. The van der Waals surface area contributed by atoms with E-state index in [1.807, 2.05) is 12.1 Å². The summed E-state index contributed by atoms with van der Waals surface area (Å²) in [7, 11) is 0. The Kier molecular flexibility index (Phi) is 6.73. The Labute approximate surface area is 213 Å². The third-order valence-corrected chi connectivity index (χ3v) is 6.43. The number of benzene rings is 4. The summed E-state index contributed by atoms with van der Waals surface area (Å²) in [6.45, 7) is 0.785. The molecule has 0 saturated heterocycles. The number of aliphatic carboxylic acids is 1. The van der Waals surface area contributed by atoms with E-state index in [4.69, 9.17) is 9.47 Å². The van der Waals surface area contributed by atoms with Crippen LogP contribution in [-0.2, 0) is 11.2 Å². The van der Waals surface area contributed by atoms with Gasteiger partial charge in [-0.25, -0.2) is 0 Å². The molecular weight excluding hydrogens is 468 g/mol. The minimum absolute atomic E-state index is 0.188. The molecule has 7 heteroatoms. The number of ether oxygens (including phenoxy) is 2. The molecule has 0 saturated carbocycles. The second-order valence-electron chi connectivity index (χ2n) is 8.84. The van der Waals surface area contributed by atoms with Crippen molar-refractivity contribution in [1.82, 2.24) is 5.32 Å². The average molecular weight is 493 g/mol. The van der Waals surface area contributed by atoms with Gasteiger partial charge < -0.3 is 19.9 Å². The van der Waals surface area contributed by atoms with E-state index >= 15 is 0 Å². The smallest absolute Gasteiger partial charge is 0.311 e. The number of nitrogens with one attached hydrogen (secondary N) is 1. The summed E-state index contributed by atoms with van der Waals surface area (Å²) in [5, 5.41) is 24.4. The lowest BCUT2D eigenvalue weighted by Gasteiger charge is -2.24. The van der Waals surface area contributed by atoms with Crippen LogP contribution in [0.25, 0.3) is 10.8 Å². The lowest BCUT2D eigenvalue weighted by Crippen LogP contribution is -2.25. The van der Waals surface area contributed by atoms with Crippen molar-refractivity contribution in [2.24, 2.45) is 0 Å². The van der Waals surface area contributed by atoms with Gasteiger partial charge in [-0.2, -0.15) is 5.26 Å². The second kappa shape index (κ2) is 10.4. The van der Waals surface area contributed by atoms with Crippen molar-refractivity contribution in [3.05, 3.63) is 101 Å². The van der Waals surface area contributed by atoms with E-state index in [0.29, 0.717) is 35.6 Å². The van der Waals surface area contributed by atoms with Crippen molar-refractivity contribution in [2.75, 3.05) is 13.2 Å². The van der Waals surface area contributed by atoms with Gasteiger partial charge in [0, 0.05) is 23.7 Å². The maximum absolute atomic E-state index is 12.6. The molecule has 5 rings (SSSR count). The van der Waals surface area contributed by atoms with E-state index < -0.39 is 11.9 Å². The van der Waals surface area contributed by atoms with Crippen LogP contribution in [0.2, 0.25) is 0 Å². The Balaban J connectivity index is 1.22. The summed E-state index contributed by atoms with van der Waals surface area (Å²) in [6, 6.07) is 26.2. The summed E-state index contributed by atoms with van der Waals surface area (Å²) >= 11 is 0. The van der Waals surface area contributed by atoms with Gasteiger partial charge in [0.05, 0.1) is 18.1 Å². The third-order valence-electron chi connectivity index (χ3n) is 6.43. The minimum atomic E-state index is -0.951. The molecule has 1 aliphatic heterocycles. The summed E-state index contributed by atoms with van der Waals surface area (Å²) in [5.74, 6) is -0.756. The Morgan fingerprint density at radius 2 is 1.81 bits per heavy atom. The molecule has 7 nitrogen and oxygen atoms in total. The van der Waals surface area contributed by atoms with E-state index in [9.17, 15) is 20.0 Å². The molecule has 2 N–H and O–H groups in total. The minimum Gasteiger partial charge on any atom is -0.493 e. The van der Waals surface area contributed by atoms with Gasteiger partial charge in [-0.3, -0.25) is 9.59 Å². The van der Waals surface area contributed by atoms with E-state index in [2.05, 4.69) is 41.7 Å². The molecule has 0 aliphatic carbocycles. The highest BCUT2D eigenvalue weighted by Gasteiger charge is 2.29. The highest BCUT2D eigenvalue weighted by Crippen LogP contribution is 2.39.